The molecule has 0 aromatic heterocycles. The van der Waals surface area contributed by atoms with Gasteiger partial charge < -0.3 is 4.74 Å². The average molecular weight is 204 g/mol. The number of hydrogen-bond acceptors (Lipinski definition) is 3. The Morgan fingerprint density at radius 1 is 1.53 bits per heavy atom. The van der Waals surface area contributed by atoms with Crippen LogP contribution in [0.5, 0.6) is 5.75 Å². The minimum Gasteiger partial charge on any atom is -0.497 e. The van der Waals surface area contributed by atoms with Crippen molar-refractivity contribution in [1.82, 2.24) is 4.90 Å². The zero-order valence-electron chi connectivity index (χ0n) is 9.40. The minimum absolute atomic E-state index is 0.0730. The molecule has 0 heterocycles. The highest BCUT2D eigenvalue weighted by Crippen LogP contribution is 2.14. The van der Waals surface area contributed by atoms with Gasteiger partial charge >= 0.3 is 0 Å². The summed E-state index contributed by atoms with van der Waals surface area (Å²) >= 11 is 0. The molecule has 0 aliphatic heterocycles. The summed E-state index contributed by atoms with van der Waals surface area (Å²) < 4.78 is 5.14. The van der Waals surface area contributed by atoms with Gasteiger partial charge in [-0.25, -0.2) is 0 Å². The number of rotatable bonds is 4. The Labute approximate surface area is 90.9 Å². The molecule has 0 N–H and O–H groups in total. The molecule has 1 unspecified atom stereocenters. The normalized spacial score (nSPS) is 12.2. The maximum Gasteiger partial charge on any atom is 0.119 e. The second-order valence-corrected chi connectivity index (χ2v) is 3.57. The highest BCUT2D eigenvalue weighted by atomic mass is 16.5. The Balaban J connectivity index is 2.68. The molecule has 1 aromatic carbocycles. The average Bonchev–Trinajstić information content (AvgIpc) is 2.28. The van der Waals surface area contributed by atoms with Crippen molar-refractivity contribution in [3.05, 3.63) is 29.8 Å². The van der Waals surface area contributed by atoms with Crippen LogP contribution in [0.1, 0.15) is 12.5 Å². The number of nitrogens with zero attached hydrogens (tertiary/aromatic N) is 2. The third kappa shape index (κ3) is 3.26. The van der Waals surface area contributed by atoms with Gasteiger partial charge in [-0.05, 0) is 31.7 Å². The van der Waals surface area contributed by atoms with E-state index < -0.39 is 0 Å². The molecule has 0 amide bonds. The van der Waals surface area contributed by atoms with E-state index in [-0.39, 0.29) is 6.04 Å². The van der Waals surface area contributed by atoms with E-state index in [4.69, 9.17) is 10.00 Å². The lowest BCUT2D eigenvalue weighted by Crippen LogP contribution is -2.26. The smallest absolute Gasteiger partial charge is 0.119 e. The first-order chi connectivity index (χ1) is 7.17. The van der Waals surface area contributed by atoms with Crippen LogP contribution in [0.2, 0.25) is 0 Å². The Bertz CT molecular complexity index is 357. The fourth-order valence-corrected chi connectivity index (χ4v) is 1.29. The topological polar surface area (TPSA) is 36.3 Å². The Morgan fingerprint density at radius 3 is 2.87 bits per heavy atom. The minimum atomic E-state index is -0.0730. The van der Waals surface area contributed by atoms with Crippen molar-refractivity contribution in [3.63, 3.8) is 0 Å². The molecule has 1 rings (SSSR count). The highest BCUT2D eigenvalue weighted by Gasteiger charge is 2.08. The lowest BCUT2D eigenvalue weighted by atomic mass is 10.2. The van der Waals surface area contributed by atoms with Gasteiger partial charge in [0.25, 0.3) is 0 Å². The first-order valence-corrected chi connectivity index (χ1v) is 4.90. The number of methoxy groups -OCH3 is 1. The van der Waals surface area contributed by atoms with Crippen LogP contribution in [0.25, 0.3) is 0 Å². The number of nitriles is 1. The second kappa shape index (κ2) is 5.38. The van der Waals surface area contributed by atoms with Gasteiger partial charge in [0.2, 0.25) is 0 Å². The number of benzene rings is 1. The van der Waals surface area contributed by atoms with Crippen molar-refractivity contribution < 1.29 is 4.74 Å². The zero-order chi connectivity index (χ0) is 11.3. The third-order valence-electron chi connectivity index (χ3n) is 2.41. The summed E-state index contributed by atoms with van der Waals surface area (Å²) in [6, 6.07) is 10.0. The molecule has 0 saturated carbocycles. The molecule has 0 radical (unpaired) electrons. The van der Waals surface area contributed by atoms with Crippen LogP contribution >= 0.6 is 0 Å². The van der Waals surface area contributed by atoms with Crippen molar-refractivity contribution in [2.75, 3.05) is 14.2 Å². The Morgan fingerprint density at radius 2 is 2.27 bits per heavy atom. The van der Waals surface area contributed by atoms with Crippen molar-refractivity contribution >= 4 is 0 Å². The van der Waals surface area contributed by atoms with E-state index in [1.165, 1.54) is 0 Å². The van der Waals surface area contributed by atoms with Crippen LogP contribution in [0, 0.1) is 11.3 Å². The SMILES string of the molecule is COc1cccc(CN(C)C(C)C#N)c1. The molecule has 0 bridgehead atoms. The first kappa shape index (κ1) is 11.5. The van der Waals surface area contributed by atoms with Gasteiger partial charge in [-0.15, -0.1) is 0 Å². The molecule has 0 aliphatic carbocycles. The predicted octanol–water partition coefficient (Wildman–Crippen LogP) is 2.04. The van der Waals surface area contributed by atoms with Gasteiger partial charge in [0.15, 0.2) is 0 Å². The van der Waals surface area contributed by atoms with Crippen molar-refractivity contribution in [2.45, 2.75) is 19.5 Å². The molecule has 3 heteroatoms. The summed E-state index contributed by atoms with van der Waals surface area (Å²) in [6.07, 6.45) is 0. The summed E-state index contributed by atoms with van der Waals surface area (Å²) in [5, 5.41) is 8.77. The van der Waals surface area contributed by atoms with Crippen LogP contribution in [-0.4, -0.2) is 25.1 Å². The molecule has 1 aromatic rings. The molecule has 3 nitrogen and oxygen atoms in total. The standard InChI is InChI=1S/C12H16N2O/c1-10(8-13)14(2)9-11-5-4-6-12(7-11)15-3/h4-7,10H,9H2,1-3H3. The van der Waals surface area contributed by atoms with Gasteiger partial charge in [0, 0.05) is 6.54 Å². The van der Waals surface area contributed by atoms with Crippen molar-refractivity contribution in [1.29, 1.82) is 5.26 Å². The summed E-state index contributed by atoms with van der Waals surface area (Å²) in [6.45, 7) is 2.64. The van der Waals surface area contributed by atoms with E-state index >= 15 is 0 Å². The van der Waals surface area contributed by atoms with Gasteiger partial charge in [-0.3, -0.25) is 4.90 Å². The van der Waals surface area contributed by atoms with Gasteiger partial charge in [0.1, 0.15) is 5.75 Å². The largest absolute Gasteiger partial charge is 0.497 e. The molecular formula is C12H16N2O. The maximum atomic E-state index is 8.77. The maximum absolute atomic E-state index is 8.77. The molecule has 0 saturated heterocycles. The molecule has 80 valence electrons. The van der Waals surface area contributed by atoms with Crippen LogP contribution in [-0.2, 0) is 6.54 Å². The third-order valence-corrected chi connectivity index (χ3v) is 2.41. The van der Waals surface area contributed by atoms with Crippen LogP contribution in [0.3, 0.4) is 0 Å². The summed E-state index contributed by atoms with van der Waals surface area (Å²) in [7, 11) is 3.59. The quantitative estimate of drug-likeness (QED) is 0.753. The van der Waals surface area contributed by atoms with Crippen LogP contribution in [0.4, 0.5) is 0 Å². The van der Waals surface area contributed by atoms with Crippen molar-refractivity contribution in [3.8, 4) is 11.8 Å². The van der Waals surface area contributed by atoms with E-state index in [2.05, 4.69) is 6.07 Å². The van der Waals surface area contributed by atoms with Crippen LogP contribution < -0.4 is 4.74 Å². The molecule has 0 spiro atoms. The van der Waals surface area contributed by atoms with Crippen molar-refractivity contribution in [2.24, 2.45) is 0 Å². The molecule has 0 aliphatic rings. The summed E-state index contributed by atoms with van der Waals surface area (Å²) in [5.41, 5.74) is 1.15. The van der Waals surface area contributed by atoms with E-state index in [1.54, 1.807) is 7.11 Å². The lowest BCUT2D eigenvalue weighted by Gasteiger charge is -2.18. The fourth-order valence-electron chi connectivity index (χ4n) is 1.29. The van der Waals surface area contributed by atoms with Gasteiger partial charge in [-0.2, -0.15) is 5.26 Å². The van der Waals surface area contributed by atoms with E-state index in [0.29, 0.717) is 0 Å². The van der Waals surface area contributed by atoms with Crippen LogP contribution in [0.15, 0.2) is 24.3 Å². The molecule has 1 atom stereocenters. The Hall–Kier alpha value is -1.53. The Kier molecular flexibility index (Phi) is 4.14. The molecule has 0 fully saturated rings. The van der Waals surface area contributed by atoms with Gasteiger partial charge in [-0.1, -0.05) is 12.1 Å². The van der Waals surface area contributed by atoms with Gasteiger partial charge in [0.05, 0.1) is 19.2 Å². The lowest BCUT2D eigenvalue weighted by molar-refractivity contribution is 0.294. The van der Waals surface area contributed by atoms with E-state index in [0.717, 1.165) is 17.9 Å². The zero-order valence-corrected chi connectivity index (χ0v) is 9.40. The number of ether oxygens (including phenoxy) is 1. The second-order valence-electron chi connectivity index (χ2n) is 3.57. The predicted molar refractivity (Wildman–Crippen MR) is 59.5 cm³/mol. The van der Waals surface area contributed by atoms with E-state index in [1.807, 2.05) is 43.1 Å². The molecular weight excluding hydrogens is 188 g/mol. The molecule has 15 heavy (non-hydrogen) atoms. The monoisotopic (exact) mass is 204 g/mol. The summed E-state index contributed by atoms with van der Waals surface area (Å²) in [5.74, 6) is 0.852. The fraction of sp³-hybridized carbons (Fsp3) is 0.417. The first-order valence-electron chi connectivity index (χ1n) is 4.90. The highest BCUT2D eigenvalue weighted by molar-refractivity contribution is 5.28. The van der Waals surface area contributed by atoms with E-state index in [9.17, 15) is 0 Å². The summed E-state index contributed by atoms with van der Waals surface area (Å²) in [4.78, 5) is 1.99. The number of hydrogen-bond donors (Lipinski definition) is 0.